The van der Waals surface area contributed by atoms with Gasteiger partial charge in [-0.3, -0.25) is 10.1 Å². The molecule has 0 radical (unpaired) electrons. The summed E-state index contributed by atoms with van der Waals surface area (Å²) in [5, 5.41) is 11.9. The average molecular weight is 311 g/mol. The minimum absolute atomic E-state index is 0.115. The first kappa shape index (κ1) is 14.8. The molecule has 0 bridgehead atoms. The molecule has 116 valence electrons. The van der Waals surface area contributed by atoms with Crippen LogP contribution in [0.25, 0.3) is 11.0 Å². The Balaban J connectivity index is 2.06. The topological polar surface area (TPSA) is 82.6 Å². The van der Waals surface area contributed by atoms with E-state index in [9.17, 15) is 14.9 Å². The van der Waals surface area contributed by atoms with Crippen molar-refractivity contribution >= 4 is 16.7 Å². The van der Waals surface area contributed by atoms with E-state index in [0.717, 1.165) is 16.5 Å². The van der Waals surface area contributed by atoms with Gasteiger partial charge in [-0.1, -0.05) is 6.07 Å². The average Bonchev–Trinajstić information content (AvgIpc) is 2.48. The molecule has 0 atom stereocenters. The summed E-state index contributed by atoms with van der Waals surface area (Å²) in [6.45, 7) is 3.58. The summed E-state index contributed by atoms with van der Waals surface area (Å²) in [5.41, 5.74) is 1.37. The molecule has 0 spiro atoms. The van der Waals surface area contributed by atoms with E-state index in [1.54, 1.807) is 37.3 Å². The van der Waals surface area contributed by atoms with Crippen molar-refractivity contribution in [2.24, 2.45) is 0 Å². The third kappa shape index (κ3) is 2.91. The molecule has 6 heteroatoms. The fraction of sp³-hybridized carbons (Fsp3) is 0.118. The van der Waals surface area contributed by atoms with Crippen LogP contribution in [0.1, 0.15) is 11.1 Å². The van der Waals surface area contributed by atoms with Gasteiger partial charge in [0.1, 0.15) is 11.3 Å². The zero-order valence-corrected chi connectivity index (χ0v) is 12.5. The van der Waals surface area contributed by atoms with Gasteiger partial charge in [0.2, 0.25) is 5.75 Å². The van der Waals surface area contributed by atoms with Crippen LogP contribution in [0.3, 0.4) is 0 Å². The Morgan fingerprint density at radius 1 is 1.09 bits per heavy atom. The molecule has 0 amide bonds. The lowest BCUT2D eigenvalue weighted by molar-refractivity contribution is -0.385. The molecule has 23 heavy (non-hydrogen) atoms. The molecule has 1 aromatic heterocycles. The van der Waals surface area contributed by atoms with E-state index in [-0.39, 0.29) is 11.4 Å². The van der Waals surface area contributed by atoms with Crippen LogP contribution in [-0.2, 0) is 0 Å². The van der Waals surface area contributed by atoms with Gasteiger partial charge in [-0.2, -0.15) is 0 Å². The highest BCUT2D eigenvalue weighted by Gasteiger charge is 2.16. The van der Waals surface area contributed by atoms with Crippen LogP contribution < -0.4 is 10.4 Å². The Bertz CT molecular complexity index is 974. The van der Waals surface area contributed by atoms with E-state index < -0.39 is 10.5 Å². The minimum atomic E-state index is -0.492. The molecule has 3 aromatic rings. The van der Waals surface area contributed by atoms with Crippen LogP contribution in [0.4, 0.5) is 5.69 Å². The molecule has 1 heterocycles. The van der Waals surface area contributed by atoms with Gasteiger partial charge in [0.15, 0.2) is 0 Å². The molecule has 0 fully saturated rings. The number of fused-ring (bicyclic) bond motifs is 1. The van der Waals surface area contributed by atoms with Gasteiger partial charge in [0.25, 0.3) is 0 Å². The first-order chi connectivity index (χ1) is 10.9. The predicted octanol–water partition coefficient (Wildman–Crippen LogP) is 4.11. The quantitative estimate of drug-likeness (QED) is 0.413. The predicted molar refractivity (Wildman–Crippen MR) is 85.1 cm³/mol. The normalized spacial score (nSPS) is 10.7. The van der Waals surface area contributed by atoms with Gasteiger partial charge in [-0.05, 0) is 43.2 Å². The highest BCUT2D eigenvalue weighted by Crippen LogP contribution is 2.33. The first-order valence-corrected chi connectivity index (χ1v) is 6.91. The standard InChI is InChI=1S/C17H13NO5/c1-10-3-6-15(14(7-10)18(20)21)22-12-4-5-13-11(2)8-17(19)23-16(13)9-12/h3-9H,1-2H3. The van der Waals surface area contributed by atoms with E-state index >= 15 is 0 Å². The van der Waals surface area contributed by atoms with Crippen molar-refractivity contribution in [3.05, 3.63) is 74.1 Å². The largest absolute Gasteiger partial charge is 0.450 e. The van der Waals surface area contributed by atoms with Gasteiger partial charge >= 0.3 is 11.3 Å². The van der Waals surface area contributed by atoms with E-state index in [4.69, 9.17) is 9.15 Å². The number of aryl methyl sites for hydroxylation is 2. The zero-order valence-electron chi connectivity index (χ0n) is 12.5. The maximum absolute atomic E-state index is 11.5. The number of hydrogen-bond acceptors (Lipinski definition) is 5. The van der Waals surface area contributed by atoms with Crippen LogP contribution in [0, 0.1) is 24.0 Å². The summed E-state index contributed by atoms with van der Waals surface area (Å²) in [6, 6.07) is 11.1. The van der Waals surface area contributed by atoms with Crippen LogP contribution >= 0.6 is 0 Å². The molecule has 0 aliphatic heterocycles. The van der Waals surface area contributed by atoms with Crippen molar-refractivity contribution in [3.63, 3.8) is 0 Å². The summed E-state index contributed by atoms with van der Waals surface area (Å²) < 4.78 is 10.8. The smallest absolute Gasteiger partial charge is 0.336 e. The molecule has 0 aliphatic carbocycles. The lowest BCUT2D eigenvalue weighted by Gasteiger charge is -2.08. The van der Waals surface area contributed by atoms with Crippen molar-refractivity contribution in [2.75, 3.05) is 0 Å². The van der Waals surface area contributed by atoms with Crippen molar-refractivity contribution in [1.82, 2.24) is 0 Å². The number of benzene rings is 2. The van der Waals surface area contributed by atoms with Crippen molar-refractivity contribution in [3.8, 4) is 11.5 Å². The second kappa shape index (κ2) is 5.57. The summed E-state index contributed by atoms with van der Waals surface area (Å²) >= 11 is 0. The Hall–Kier alpha value is -3.15. The number of nitro benzene ring substituents is 1. The molecular formula is C17H13NO5. The minimum Gasteiger partial charge on any atom is -0.450 e. The second-order valence-corrected chi connectivity index (χ2v) is 5.24. The van der Waals surface area contributed by atoms with Crippen molar-refractivity contribution < 1.29 is 14.1 Å². The molecule has 3 rings (SSSR count). The zero-order chi connectivity index (χ0) is 16.6. The maximum atomic E-state index is 11.5. The lowest BCUT2D eigenvalue weighted by atomic mass is 10.1. The van der Waals surface area contributed by atoms with E-state index in [1.165, 1.54) is 12.1 Å². The lowest BCUT2D eigenvalue weighted by Crippen LogP contribution is -1.98. The number of rotatable bonds is 3. The molecule has 0 saturated carbocycles. The molecule has 0 aliphatic rings. The maximum Gasteiger partial charge on any atom is 0.336 e. The SMILES string of the molecule is Cc1ccc(Oc2ccc3c(C)cc(=O)oc3c2)c([N+](=O)[O-])c1. The van der Waals surface area contributed by atoms with Crippen molar-refractivity contribution in [2.45, 2.75) is 13.8 Å². The fourth-order valence-electron chi connectivity index (χ4n) is 2.35. The molecular weight excluding hydrogens is 298 g/mol. The first-order valence-electron chi connectivity index (χ1n) is 6.91. The van der Waals surface area contributed by atoms with E-state index in [1.807, 2.05) is 6.92 Å². The Morgan fingerprint density at radius 3 is 2.61 bits per heavy atom. The molecule has 2 aromatic carbocycles. The van der Waals surface area contributed by atoms with Gasteiger partial charge in [-0.15, -0.1) is 0 Å². The summed E-state index contributed by atoms with van der Waals surface area (Å²) in [4.78, 5) is 22.1. The fourth-order valence-corrected chi connectivity index (χ4v) is 2.35. The third-order valence-corrected chi connectivity index (χ3v) is 3.46. The third-order valence-electron chi connectivity index (χ3n) is 3.46. The van der Waals surface area contributed by atoms with E-state index in [0.29, 0.717) is 11.3 Å². The second-order valence-electron chi connectivity index (χ2n) is 5.24. The summed E-state index contributed by atoms with van der Waals surface area (Å²) in [5.74, 6) is 0.494. The van der Waals surface area contributed by atoms with E-state index in [2.05, 4.69) is 0 Å². The number of ether oxygens (including phenoxy) is 1. The number of nitro groups is 1. The van der Waals surface area contributed by atoms with Crippen LogP contribution in [0.5, 0.6) is 11.5 Å². The van der Waals surface area contributed by atoms with Crippen molar-refractivity contribution in [1.29, 1.82) is 0 Å². The monoisotopic (exact) mass is 311 g/mol. The molecule has 0 N–H and O–H groups in total. The molecule has 6 nitrogen and oxygen atoms in total. The highest BCUT2D eigenvalue weighted by molar-refractivity contribution is 5.81. The summed E-state index contributed by atoms with van der Waals surface area (Å²) in [7, 11) is 0. The molecule has 0 unspecified atom stereocenters. The van der Waals surface area contributed by atoms with Crippen LogP contribution in [0.15, 0.2) is 51.7 Å². The summed E-state index contributed by atoms with van der Waals surface area (Å²) in [6.07, 6.45) is 0. The Labute approximate surface area is 131 Å². The Morgan fingerprint density at radius 2 is 1.87 bits per heavy atom. The van der Waals surface area contributed by atoms with Gasteiger partial charge < -0.3 is 9.15 Å². The number of nitrogens with zero attached hydrogens (tertiary/aromatic N) is 1. The highest BCUT2D eigenvalue weighted by atomic mass is 16.6. The van der Waals surface area contributed by atoms with Crippen LogP contribution in [0.2, 0.25) is 0 Å². The van der Waals surface area contributed by atoms with Gasteiger partial charge in [0, 0.05) is 23.6 Å². The Kier molecular flexibility index (Phi) is 3.57. The number of hydrogen-bond donors (Lipinski definition) is 0. The van der Waals surface area contributed by atoms with Crippen LogP contribution in [-0.4, -0.2) is 4.92 Å². The molecule has 0 saturated heterocycles. The van der Waals surface area contributed by atoms with Gasteiger partial charge in [-0.25, -0.2) is 4.79 Å². The van der Waals surface area contributed by atoms with Gasteiger partial charge in [0.05, 0.1) is 4.92 Å².